The number of aryl methyl sites for hydroxylation is 2. The van der Waals surface area contributed by atoms with E-state index in [1.165, 1.54) is 0 Å². The number of nitrogens with one attached hydrogen (secondary N) is 1. The van der Waals surface area contributed by atoms with Crippen molar-refractivity contribution >= 4 is 28.1 Å². The molecule has 3 aromatic rings. The summed E-state index contributed by atoms with van der Waals surface area (Å²) < 4.78 is 1.82. The summed E-state index contributed by atoms with van der Waals surface area (Å²) in [5.41, 5.74) is 2.51. The average molecular weight is 398 g/mol. The van der Waals surface area contributed by atoms with Gasteiger partial charge in [0.2, 0.25) is 10.9 Å². The first-order valence-corrected chi connectivity index (χ1v) is 10.3. The number of fused-ring (bicyclic) bond motifs is 1. The van der Waals surface area contributed by atoms with Crippen LogP contribution in [-0.4, -0.2) is 44.4 Å². The van der Waals surface area contributed by atoms with Gasteiger partial charge in [0.25, 0.3) is 5.91 Å². The zero-order valence-electron chi connectivity index (χ0n) is 16.0. The second-order valence-corrected chi connectivity index (χ2v) is 8.27. The normalized spacial score (nSPS) is 15.1. The molecule has 146 valence electrons. The minimum Gasteiger partial charge on any atom is -0.350 e. The number of likely N-dealkylation sites (tertiary alicyclic amines) is 1. The molecule has 2 amide bonds. The third kappa shape index (κ3) is 3.64. The number of aromatic nitrogens is 3. The molecule has 4 rings (SSSR count). The Morgan fingerprint density at radius 2 is 1.89 bits per heavy atom. The highest BCUT2D eigenvalue weighted by atomic mass is 32.1. The Labute approximate surface area is 167 Å². The number of hydrogen-bond donors (Lipinski definition) is 1. The molecule has 1 aromatic carbocycles. The second kappa shape index (κ2) is 7.71. The van der Waals surface area contributed by atoms with Crippen LogP contribution in [0.15, 0.2) is 30.3 Å². The molecule has 0 aliphatic carbocycles. The predicted octanol–water partition coefficient (Wildman–Crippen LogP) is 2.58. The molecule has 1 N–H and O–H groups in total. The number of nitrogens with zero attached hydrogens (tertiary/aromatic N) is 4. The van der Waals surface area contributed by atoms with E-state index in [1.54, 1.807) is 11.3 Å². The summed E-state index contributed by atoms with van der Waals surface area (Å²) in [4.78, 5) is 32.4. The van der Waals surface area contributed by atoms with Gasteiger partial charge in [-0.15, -0.1) is 0 Å². The molecule has 0 unspecified atom stereocenters. The summed E-state index contributed by atoms with van der Waals surface area (Å²) in [6, 6.07) is 9.29. The maximum absolute atomic E-state index is 12.6. The van der Waals surface area contributed by atoms with Crippen LogP contribution in [0.3, 0.4) is 0 Å². The van der Waals surface area contributed by atoms with Crippen LogP contribution in [0, 0.1) is 19.8 Å². The number of benzene rings is 1. The molecule has 0 bridgehead atoms. The molecule has 3 heterocycles. The van der Waals surface area contributed by atoms with Crippen molar-refractivity contribution in [3.63, 3.8) is 0 Å². The Bertz CT molecular complexity index is 1000. The fourth-order valence-corrected chi connectivity index (χ4v) is 4.42. The van der Waals surface area contributed by atoms with Crippen molar-refractivity contribution in [1.29, 1.82) is 0 Å². The van der Waals surface area contributed by atoms with Crippen molar-refractivity contribution in [2.45, 2.75) is 33.2 Å². The molecule has 0 spiro atoms. The monoisotopic (exact) mass is 397 g/mol. The zero-order valence-corrected chi connectivity index (χ0v) is 16.8. The Balaban J connectivity index is 1.33. The Hall–Kier alpha value is -2.74. The van der Waals surface area contributed by atoms with Crippen LogP contribution in [0.4, 0.5) is 0 Å². The van der Waals surface area contributed by atoms with Gasteiger partial charge in [0.05, 0.1) is 17.9 Å². The minimum absolute atomic E-state index is 0.0353. The maximum atomic E-state index is 12.6. The summed E-state index contributed by atoms with van der Waals surface area (Å²) in [5.74, 6) is 0.00413. The quantitative estimate of drug-likeness (QED) is 0.734. The number of imidazole rings is 1. The molecule has 8 heteroatoms. The van der Waals surface area contributed by atoms with Gasteiger partial charge < -0.3 is 10.2 Å². The first-order valence-electron chi connectivity index (χ1n) is 9.46. The lowest BCUT2D eigenvalue weighted by Gasteiger charge is -2.31. The van der Waals surface area contributed by atoms with Crippen LogP contribution >= 0.6 is 11.3 Å². The Morgan fingerprint density at radius 3 is 2.61 bits per heavy atom. The fourth-order valence-electron chi connectivity index (χ4n) is 3.61. The standard InChI is InChI=1S/C20H23N5O2S/c1-13-17(25-20(22-13)28-14(2)23-25)12-21-18(26)15-8-10-24(11-9-15)19(27)16-6-4-3-5-7-16/h3-7,15H,8-12H2,1-2H3,(H,21,26). The Kier molecular flexibility index (Phi) is 5.13. The van der Waals surface area contributed by atoms with E-state index in [1.807, 2.05) is 53.6 Å². The van der Waals surface area contributed by atoms with Crippen LogP contribution in [0.25, 0.3) is 4.96 Å². The third-order valence-corrected chi connectivity index (χ3v) is 6.03. The second-order valence-electron chi connectivity index (χ2n) is 7.11. The summed E-state index contributed by atoms with van der Waals surface area (Å²) in [7, 11) is 0. The Morgan fingerprint density at radius 1 is 1.18 bits per heavy atom. The largest absolute Gasteiger partial charge is 0.350 e. The average Bonchev–Trinajstić information content (AvgIpc) is 3.21. The summed E-state index contributed by atoms with van der Waals surface area (Å²) >= 11 is 1.54. The molecule has 1 aliphatic rings. The molecular weight excluding hydrogens is 374 g/mol. The number of piperidine rings is 1. The molecule has 0 radical (unpaired) electrons. The predicted molar refractivity (Wildman–Crippen MR) is 107 cm³/mol. The third-order valence-electron chi connectivity index (χ3n) is 5.20. The van der Waals surface area contributed by atoms with Crippen LogP contribution in [-0.2, 0) is 11.3 Å². The smallest absolute Gasteiger partial charge is 0.253 e. The van der Waals surface area contributed by atoms with E-state index in [4.69, 9.17) is 0 Å². The van der Waals surface area contributed by atoms with E-state index in [9.17, 15) is 9.59 Å². The van der Waals surface area contributed by atoms with Gasteiger partial charge in [0, 0.05) is 24.6 Å². The van der Waals surface area contributed by atoms with E-state index >= 15 is 0 Å². The maximum Gasteiger partial charge on any atom is 0.253 e. The molecule has 28 heavy (non-hydrogen) atoms. The van der Waals surface area contributed by atoms with Crippen molar-refractivity contribution in [3.05, 3.63) is 52.3 Å². The molecule has 2 aromatic heterocycles. The van der Waals surface area contributed by atoms with Crippen molar-refractivity contribution in [3.8, 4) is 0 Å². The molecule has 0 saturated carbocycles. The van der Waals surface area contributed by atoms with Crippen LogP contribution in [0.2, 0.25) is 0 Å². The lowest BCUT2D eigenvalue weighted by atomic mass is 9.95. The number of amides is 2. The number of rotatable bonds is 4. The topological polar surface area (TPSA) is 79.6 Å². The van der Waals surface area contributed by atoms with Gasteiger partial charge in [-0.2, -0.15) is 5.10 Å². The van der Waals surface area contributed by atoms with E-state index in [0.717, 1.165) is 21.4 Å². The summed E-state index contributed by atoms with van der Waals surface area (Å²) in [6.07, 6.45) is 1.36. The summed E-state index contributed by atoms with van der Waals surface area (Å²) in [5, 5.41) is 8.44. The van der Waals surface area contributed by atoms with Gasteiger partial charge in [0.15, 0.2) is 0 Å². The van der Waals surface area contributed by atoms with E-state index in [0.29, 0.717) is 38.0 Å². The van der Waals surface area contributed by atoms with Crippen molar-refractivity contribution in [2.75, 3.05) is 13.1 Å². The van der Waals surface area contributed by atoms with Gasteiger partial charge in [0.1, 0.15) is 5.01 Å². The first kappa shape index (κ1) is 18.6. The van der Waals surface area contributed by atoms with Gasteiger partial charge in [-0.1, -0.05) is 29.5 Å². The van der Waals surface area contributed by atoms with Crippen molar-refractivity contribution in [2.24, 2.45) is 5.92 Å². The highest BCUT2D eigenvalue weighted by molar-refractivity contribution is 7.16. The first-order chi connectivity index (χ1) is 13.5. The van der Waals surface area contributed by atoms with Gasteiger partial charge in [-0.05, 0) is 38.8 Å². The summed E-state index contributed by atoms with van der Waals surface area (Å²) in [6.45, 7) is 5.51. The van der Waals surface area contributed by atoms with Crippen molar-refractivity contribution < 1.29 is 9.59 Å². The van der Waals surface area contributed by atoms with E-state index in [2.05, 4.69) is 15.4 Å². The SMILES string of the molecule is Cc1nn2c(CNC(=O)C3CCN(C(=O)c4ccccc4)CC3)c(C)nc2s1. The number of hydrogen-bond acceptors (Lipinski definition) is 5. The van der Waals surface area contributed by atoms with Crippen LogP contribution in [0.1, 0.15) is 39.6 Å². The molecule has 1 saturated heterocycles. The fraction of sp³-hybridized carbons (Fsp3) is 0.400. The van der Waals surface area contributed by atoms with E-state index < -0.39 is 0 Å². The van der Waals surface area contributed by atoms with Gasteiger partial charge in [-0.3, -0.25) is 9.59 Å². The van der Waals surface area contributed by atoms with E-state index in [-0.39, 0.29) is 17.7 Å². The molecular formula is C20H23N5O2S. The minimum atomic E-state index is -0.0688. The number of carbonyl (C=O) groups is 2. The lowest BCUT2D eigenvalue weighted by molar-refractivity contribution is -0.126. The van der Waals surface area contributed by atoms with Crippen LogP contribution in [0.5, 0.6) is 0 Å². The van der Waals surface area contributed by atoms with Gasteiger partial charge in [-0.25, -0.2) is 9.50 Å². The van der Waals surface area contributed by atoms with Crippen LogP contribution < -0.4 is 5.32 Å². The molecule has 0 atom stereocenters. The highest BCUT2D eigenvalue weighted by Gasteiger charge is 2.28. The van der Waals surface area contributed by atoms with Crippen molar-refractivity contribution in [1.82, 2.24) is 24.8 Å². The molecule has 1 aliphatic heterocycles. The molecule has 7 nitrogen and oxygen atoms in total. The molecule has 1 fully saturated rings. The number of carbonyl (C=O) groups excluding carboxylic acids is 2. The van der Waals surface area contributed by atoms with Gasteiger partial charge >= 0.3 is 0 Å². The zero-order chi connectivity index (χ0) is 19.7. The lowest BCUT2D eigenvalue weighted by Crippen LogP contribution is -2.43. The highest BCUT2D eigenvalue weighted by Crippen LogP contribution is 2.21.